The van der Waals surface area contributed by atoms with E-state index in [-0.39, 0.29) is 18.5 Å². The number of anilines is 1. The highest BCUT2D eigenvalue weighted by Crippen LogP contribution is 2.29. The van der Waals surface area contributed by atoms with E-state index < -0.39 is 29.6 Å². The molecule has 3 aromatic rings. The number of nitrogens with zero attached hydrogens (tertiary/aromatic N) is 1. The molecule has 7 nitrogen and oxygen atoms in total. The number of alkyl halides is 3. The Hall–Kier alpha value is -3.82. The lowest BCUT2D eigenvalue weighted by Crippen LogP contribution is -2.48. The van der Waals surface area contributed by atoms with Gasteiger partial charge < -0.3 is 21.4 Å². The summed E-state index contributed by atoms with van der Waals surface area (Å²) in [7, 11) is 0. The number of aryl methyl sites for hydroxylation is 1. The predicted molar refractivity (Wildman–Crippen MR) is 122 cm³/mol. The van der Waals surface area contributed by atoms with Gasteiger partial charge >= 0.3 is 6.18 Å². The standard InChI is InChI=1S/C24H26F3N5O2/c1-13-14(2)21(31-15(13)3)23(34)32-19(10-16-5-4-6-18(9-16)24(25,26)27)22(33)30-12-17-7-8-20(28)29-11-17/h4-9,11,19,31H,10,12H2,1-3H3,(H2,28,29)(H,30,33)(H,32,34)/t19-/m0/s1. The molecule has 1 atom stereocenters. The minimum atomic E-state index is -4.52. The molecule has 5 N–H and O–H groups in total. The number of carbonyl (C=O) groups is 2. The smallest absolute Gasteiger partial charge is 0.384 e. The second-order valence-corrected chi connectivity index (χ2v) is 8.11. The highest BCUT2D eigenvalue weighted by Gasteiger charge is 2.31. The van der Waals surface area contributed by atoms with E-state index in [2.05, 4.69) is 20.6 Å². The third-order valence-electron chi connectivity index (χ3n) is 5.67. The van der Waals surface area contributed by atoms with Gasteiger partial charge in [0.15, 0.2) is 0 Å². The van der Waals surface area contributed by atoms with Crippen molar-refractivity contribution in [1.29, 1.82) is 0 Å². The maximum absolute atomic E-state index is 13.1. The number of nitrogens with one attached hydrogen (secondary N) is 3. The van der Waals surface area contributed by atoms with E-state index in [0.717, 1.165) is 29.0 Å². The van der Waals surface area contributed by atoms with Gasteiger partial charge in [0.2, 0.25) is 5.91 Å². The van der Waals surface area contributed by atoms with Crippen LogP contribution >= 0.6 is 0 Å². The van der Waals surface area contributed by atoms with Crippen molar-refractivity contribution >= 4 is 17.6 Å². The molecular formula is C24H26F3N5O2. The molecule has 0 bridgehead atoms. The van der Waals surface area contributed by atoms with Crippen molar-refractivity contribution in [2.24, 2.45) is 0 Å². The molecule has 0 aliphatic rings. The fourth-order valence-corrected chi connectivity index (χ4v) is 3.47. The Kier molecular flexibility index (Phi) is 7.29. The number of amides is 2. The predicted octanol–water partition coefficient (Wildman–Crippen LogP) is 3.59. The van der Waals surface area contributed by atoms with E-state index in [4.69, 9.17) is 5.73 Å². The zero-order valence-electron chi connectivity index (χ0n) is 19.0. The first-order valence-corrected chi connectivity index (χ1v) is 10.6. The third-order valence-corrected chi connectivity index (χ3v) is 5.67. The molecule has 180 valence electrons. The summed E-state index contributed by atoms with van der Waals surface area (Å²) in [5, 5.41) is 5.37. The SMILES string of the molecule is Cc1[nH]c(C(=O)N[C@@H](Cc2cccc(C(F)(F)F)c2)C(=O)NCc2ccc(N)nc2)c(C)c1C. The number of hydrogen-bond donors (Lipinski definition) is 4. The molecule has 3 rings (SSSR count). The molecule has 0 saturated heterocycles. The Balaban J connectivity index is 1.82. The van der Waals surface area contributed by atoms with Crippen LogP contribution < -0.4 is 16.4 Å². The van der Waals surface area contributed by atoms with E-state index in [1.807, 2.05) is 13.8 Å². The van der Waals surface area contributed by atoms with E-state index in [0.29, 0.717) is 17.1 Å². The molecule has 0 aliphatic heterocycles. The van der Waals surface area contributed by atoms with Crippen LogP contribution in [0.2, 0.25) is 0 Å². The second kappa shape index (κ2) is 9.98. The molecule has 1 aromatic carbocycles. The molecule has 10 heteroatoms. The van der Waals surface area contributed by atoms with Crippen LogP contribution in [0, 0.1) is 20.8 Å². The van der Waals surface area contributed by atoms with Crippen LogP contribution in [0.25, 0.3) is 0 Å². The summed E-state index contributed by atoms with van der Waals surface area (Å²) in [6.07, 6.45) is -3.14. The van der Waals surface area contributed by atoms with Crippen LogP contribution in [0.1, 0.15) is 44.0 Å². The molecule has 34 heavy (non-hydrogen) atoms. The zero-order valence-corrected chi connectivity index (χ0v) is 19.0. The van der Waals surface area contributed by atoms with Crippen molar-refractivity contribution in [2.45, 2.75) is 46.0 Å². The quantitative estimate of drug-likeness (QED) is 0.420. The zero-order chi connectivity index (χ0) is 25.0. The number of carbonyl (C=O) groups excluding carboxylic acids is 2. The summed E-state index contributed by atoms with van der Waals surface area (Å²) >= 11 is 0. The van der Waals surface area contributed by atoms with E-state index in [1.165, 1.54) is 18.3 Å². The van der Waals surface area contributed by atoms with Gasteiger partial charge in [-0.05, 0) is 55.2 Å². The number of nitrogens with two attached hydrogens (primary N) is 1. The topological polar surface area (TPSA) is 113 Å². The van der Waals surface area contributed by atoms with Gasteiger partial charge in [-0.2, -0.15) is 13.2 Å². The van der Waals surface area contributed by atoms with Crippen molar-refractivity contribution in [1.82, 2.24) is 20.6 Å². The van der Waals surface area contributed by atoms with Crippen LogP contribution in [0.3, 0.4) is 0 Å². The third kappa shape index (κ3) is 5.94. The molecule has 0 aliphatic carbocycles. The van der Waals surface area contributed by atoms with Gasteiger partial charge in [-0.15, -0.1) is 0 Å². The first-order chi connectivity index (χ1) is 16.0. The summed E-state index contributed by atoms with van der Waals surface area (Å²) in [6.45, 7) is 5.59. The Labute approximate surface area is 195 Å². The minimum Gasteiger partial charge on any atom is -0.384 e. The Bertz CT molecular complexity index is 1190. The number of benzene rings is 1. The molecule has 0 spiro atoms. The maximum atomic E-state index is 13.1. The largest absolute Gasteiger partial charge is 0.416 e. The summed E-state index contributed by atoms with van der Waals surface area (Å²) in [5.41, 5.74) is 8.46. The summed E-state index contributed by atoms with van der Waals surface area (Å²) in [4.78, 5) is 32.9. The first kappa shape index (κ1) is 24.8. The molecule has 0 unspecified atom stereocenters. The number of H-pyrrole nitrogens is 1. The molecule has 0 saturated carbocycles. The van der Waals surface area contributed by atoms with Crippen molar-refractivity contribution in [2.75, 3.05) is 5.73 Å². The van der Waals surface area contributed by atoms with Gasteiger partial charge in [0.05, 0.1) is 5.56 Å². The fourth-order valence-electron chi connectivity index (χ4n) is 3.47. The highest BCUT2D eigenvalue weighted by molar-refractivity contribution is 5.97. The number of halogens is 3. The Morgan fingerprint density at radius 2 is 1.82 bits per heavy atom. The first-order valence-electron chi connectivity index (χ1n) is 10.6. The van der Waals surface area contributed by atoms with E-state index >= 15 is 0 Å². The lowest BCUT2D eigenvalue weighted by atomic mass is 10.0. The van der Waals surface area contributed by atoms with Gasteiger partial charge in [0.1, 0.15) is 17.6 Å². The number of aromatic amines is 1. The molecule has 2 amide bonds. The highest BCUT2D eigenvalue weighted by atomic mass is 19.4. The van der Waals surface area contributed by atoms with Crippen LogP contribution in [-0.2, 0) is 23.9 Å². The van der Waals surface area contributed by atoms with Crippen LogP contribution in [0.5, 0.6) is 0 Å². The van der Waals surface area contributed by atoms with Gasteiger partial charge in [-0.1, -0.05) is 24.3 Å². The van der Waals surface area contributed by atoms with Crippen molar-refractivity contribution < 1.29 is 22.8 Å². The number of pyridine rings is 1. The molecule has 2 aromatic heterocycles. The number of aromatic nitrogens is 2. The van der Waals surface area contributed by atoms with Crippen LogP contribution in [0.15, 0.2) is 42.6 Å². The van der Waals surface area contributed by atoms with Gasteiger partial charge in [-0.25, -0.2) is 4.98 Å². The average Bonchev–Trinajstić information content (AvgIpc) is 3.05. The molecule has 0 radical (unpaired) electrons. The fraction of sp³-hybridized carbons (Fsp3) is 0.292. The molecule has 0 fully saturated rings. The normalized spacial score (nSPS) is 12.3. The van der Waals surface area contributed by atoms with Crippen LogP contribution in [-0.4, -0.2) is 27.8 Å². The maximum Gasteiger partial charge on any atom is 0.416 e. The summed E-state index contributed by atoms with van der Waals surface area (Å²) < 4.78 is 39.4. The van der Waals surface area contributed by atoms with Crippen molar-refractivity contribution in [3.05, 3.63) is 81.8 Å². The van der Waals surface area contributed by atoms with Gasteiger partial charge in [0, 0.05) is 24.9 Å². The number of nitrogen functional groups attached to an aromatic ring is 1. The van der Waals surface area contributed by atoms with Crippen LogP contribution in [0.4, 0.5) is 19.0 Å². The molecular weight excluding hydrogens is 447 g/mol. The van der Waals surface area contributed by atoms with Gasteiger partial charge in [-0.3, -0.25) is 9.59 Å². The minimum absolute atomic E-state index is 0.112. The summed E-state index contributed by atoms with van der Waals surface area (Å²) in [6, 6.07) is 6.86. The summed E-state index contributed by atoms with van der Waals surface area (Å²) in [5.74, 6) is -0.730. The van der Waals surface area contributed by atoms with Crippen molar-refractivity contribution in [3.8, 4) is 0 Å². The van der Waals surface area contributed by atoms with E-state index in [1.54, 1.807) is 19.1 Å². The van der Waals surface area contributed by atoms with Gasteiger partial charge in [0.25, 0.3) is 5.91 Å². The number of hydrogen-bond acceptors (Lipinski definition) is 4. The van der Waals surface area contributed by atoms with Crippen molar-refractivity contribution in [3.63, 3.8) is 0 Å². The number of rotatable bonds is 7. The Morgan fingerprint density at radius 3 is 2.41 bits per heavy atom. The lowest BCUT2D eigenvalue weighted by molar-refractivity contribution is -0.137. The average molecular weight is 473 g/mol. The monoisotopic (exact) mass is 473 g/mol. The second-order valence-electron chi connectivity index (χ2n) is 8.11. The Morgan fingerprint density at radius 1 is 1.09 bits per heavy atom. The lowest BCUT2D eigenvalue weighted by Gasteiger charge is -2.19. The van der Waals surface area contributed by atoms with E-state index in [9.17, 15) is 22.8 Å². The molecule has 2 heterocycles.